The van der Waals surface area contributed by atoms with Crippen LogP contribution in [0.2, 0.25) is 0 Å². The molecule has 18 heavy (non-hydrogen) atoms. The fourth-order valence-electron chi connectivity index (χ4n) is 1.49. The van der Waals surface area contributed by atoms with Gasteiger partial charge in [0.05, 0.1) is 10.8 Å². The summed E-state index contributed by atoms with van der Waals surface area (Å²) in [6.45, 7) is 4.91. The maximum absolute atomic E-state index is 12.7. The summed E-state index contributed by atoms with van der Waals surface area (Å²) in [5.74, 6) is 0.119. The van der Waals surface area contributed by atoms with Crippen molar-refractivity contribution in [1.29, 1.82) is 0 Å². The van der Waals surface area contributed by atoms with Crippen molar-refractivity contribution < 1.29 is 18.1 Å². The third-order valence-electron chi connectivity index (χ3n) is 2.32. The molecule has 1 unspecified atom stereocenters. The largest absolute Gasteiger partial charge is 0.353 e. The van der Waals surface area contributed by atoms with Crippen molar-refractivity contribution in [2.24, 2.45) is 0 Å². The first-order valence-electron chi connectivity index (χ1n) is 6.04. The smallest absolute Gasteiger partial charge is 0.158 e. The normalized spacial score (nSPS) is 12.9. The van der Waals surface area contributed by atoms with E-state index in [0.29, 0.717) is 30.3 Å². The van der Waals surface area contributed by atoms with Gasteiger partial charge in [0.25, 0.3) is 0 Å². The highest BCUT2D eigenvalue weighted by atomic mass is 32.2. The number of ether oxygens (including phenoxy) is 2. The molecule has 0 aliphatic carbocycles. The minimum absolute atomic E-state index is 0.315. The Labute approximate surface area is 110 Å². The summed E-state index contributed by atoms with van der Waals surface area (Å²) in [5, 5.41) is 0. The van der Waals surface area contributed by atoms with Gasteiger partial charge in [0.15, 0.2) is 6.29 Å². The van der Waals surface area contributed by atoms with Crippen molar-refractivity contribution in [3.8, 4) is 0 Å². The van der Waals surface area contributed by atoms with Gasteiger partial charge in [-0.25, -0.2) is 4.39 Å². The van der Waals surface area contributed by atoms with Gasteiger partial charge in [0.2, 0.25) is 0 Å². The molecule has 0 aliphatic rings. The molecule has 0 heterocycles. The molecule has 0 spiro atoms. The summed E-state index contributed by atoms with van der Waals surface area (Å²) in [6, 6.07) is 5.72. The Bertz CT molecular complexity index is 361. The van der Waals surface area contributed by atoms with Gasteiger partial charge >= 0.3 is 0 Å². The molecule has 102 valence electrons. The zero-order valence-electron chi connectivity index (χ0n) is 10.7. The third-order valence-corrected chi connectivity index (χ3v) is 3.73. The third kappa shape index (κ3) is 5.25. The van der Waals surface area contributed by atoms with Crippen LogP contribution in [0.1, 0.15) is 20.3 Å². The molecule has 0 N–H and O–H groups in total. The first kappa shape index (κ1) is 15.3. The predicted molar refractivity (Wildman–Crippen MR) is 69.3 cm³/mol. The molecule has 1 rings (SSSR count). The lowest BCUT2D eigenvalue weighted by Gasteiger charge is -2.16. The Hall–Kier alpha value is -0.780. The highest BCUT2D eigenvalue weighted by molar-refractivity contribution is 7.85. The highest BCUT2D eigenvalue weighted by Gasteiger charge is 2.11. The van der Waals surface area contributed by atoms with Gasteiger partial charge in [-0.05, 0) is 38.1 Å². The van der Waals surface area contributed by atoms with Crippen LogP contribution in [0.25, 0.3) is 0 Å². The summed E-state index contributed by atoms with van der Waals surface area (Å²) in [4.78, 5) is 0.628. The molecular formula is C13H19FO3S. The van der Waals surface area contributed by atoms with Gasteiger partial charge in [0.1, 0.15) is 5.82 Å². The molecule has 1 aromatic rings. The fraction of sp³-hybridized carbons (Fsp3) is 0.538. The van der Waals surface area contributed by atoms with E-state index in [2.05, 4.69) is 0 Å². The predicted octanol–water partition coefficient (Wildman–Crippen LogP) is 2.72. The van der Waals surface area contributed by atoms with Crippen LogP contribution in [-0.2, 0) is 20.3 Å². The molecule has 0 saturated carbocycles. The first-order chi connectivity index (χ1) is 8.67. The maximum Gasteiger partial charge on any atom is 0.158 e. The van der Waals surface area contributed by atoms with E-state index >= 15 is 0 Å². The van der Waals surface area contributed by atoms with Gasteiger partial charge in [-0.2, -0.15) is 0 Å². The van der Waals surface area contributed by atoms with E-state index < -0.39 is 10.8 Å². The average molecular weight is 274 g/mol. The van der Waals surface area contributed by atoms with Gasteiger partial charge in [-0.1, -0.05) is 0 Å². The zero-order chi connectivity index (χ0) is 13.4. The quantitative estimate of drug-likeness (QED) is 0.684. The maximum atomic E-state index is 12.7. The molecule has 3 nitrogen and oxygen atoms in total. The lowest BCUT2D eigenvalue weighted by Crippen LogP contribution is -2.20. The van der Waals surface area contributed by atoms with E-state index in [1.54, 1.807) is 12.1 Å². The van der Waals surface area contributed by atoms with Crippen LogP contribution in [0, 0.1) is 5.82 Å². The minimum Gasteiger partial charge on any atom is -0.353 e. The van der Waals surface area contributed by atoms with Crippen molar-refractivity contribution in [2.75, 3.05) is 19.0 Å². The van der Waals surface area contributed by atoms with E-state index in [0.717, 1.165) is 0 Å². The van der Waals surface area contributed by atoms with E-state index in [9.17, 15) is 8.60 Å². The standard InChI is InChI=1S/C13H19FO3S/c1-3-16-13(17-4-2)9-10-18(15)12-7-5-11(14)6-8-12/h5-8,13H,3-4,9-10H2,1-2H3. The highest BCUT2D eigenvalue weighted by Crippen LogP contribution is 2.11. The summed E-state index contributed by atoms with van der Waals surface area (Å²) >= 11 is 0. The molecule has 0 aliphatic heterocycles. The van der Waals surface area contributed by atoms with E-state index in [1.807, 2.05) is 13.8 Å². The second-order valence-corrected chi connectivity index (χ2v) is 5.20. The van der Waals surface area contributed by atoms with Crippen molar-refractivity contribution in [1.82, 2.24) is 0 Å². The van der Waals surface area contributed by atoms with Crippen LogP contribution in [0.4, 0.5) is 4.39 Å². The van der Waals surface area contributed by atoms with Gasteiger partial charge in [-0.3, -0.25) is 4.21 Å². The lowest BCUT2D eigenvalue weighted by molar-refractivity contribution is -0.136. The summed E-state index contributed by atoms with van der Waals surface area (Å²) < 4.78 is 35.4. The molecule has 5 heteroatoms. The van der Waals surface area contributed by atoms with Gasteiger partial charge in [-0.15, -0.1) is 0 Å². The monoisotopic (exact) mass is 274 g/mol. The lowest BCUT2D eigenvalue weighted by atomic mass is 10.4. The Morgan fingerprint density at radius 1 is 1.17 bits per heavy atom. The van der Waals surface area contributed by atoms with Crippen LogP contribution in [0.5, 0.6) is 0 Å². The van der Waals surface area contributed by atoms with E-state index in [-0.39, 0.29) is 12.1 Å². The molecule has 0 radical (unpaired) electrons. The molecule has 0 aromatic heterocycles. The number of hydrogen-bond donors (Lipinski definition) is 0. The van der Waals surface area contributed by atoms with Crippen molar-refractivity contribution in [2.45, 2.75) is 31.5 Å². The van der Waals surface area contributed by atoms with E-state index in [1.165, 1.54) is 12.1 Å². The minimum atomic E-state index is -1.15. The molecule has 0 bridgehead atoms. The first-order valence-corrected chi connectivity index (χ1v) is 7.36. The van der Waals surface area contributed by atoms with Crippen LogP contribution in [0.3, 0.4) is 0 Å². The number of hydrogen-bond acceptors (Lipinski definition) is 3. The Morgan fingerprint density at radius 2 is 1.72 bits per heavy atom. The SMILES string of the molecule is CCOC(CCS(=O)c1ccc(F)cc1)OCC. The molecular weight excluding hydrogens is 255 g/mol. The summed E-state index contributed by atoms with van der Waals surface area (Å²) in [6.07, 6.45) is 0.246. The Morgan fingerprint density at radius 3 is 2.22 bits per heavy atom. The molecule has 0 fully saturated rings. The van der Waals surface area contributed by atoms with Crippen LogP contribution in [0.15, 0.2) is 29.2 Å². The van der Waals surface area contributed by atoms with Crippen LogP contribution >= 0.6 is 0 Å². The number of rotatable bonds is 8. The molecule has 1 aromatic carbocycles. The Kier molecular flexibility index (Phi) is 7.08. The Balaban J connectivity index is 2.46. The van der Waals surface area contributed by atoms with Crippen LogP contribution < -0.4 is 0 Å². The number of halogens is 1. The summed E-state index contributed by atoms with van der Waals surface area (Å²) in [7, 11) is -1.15. The van der Waals surface area contributed by atoms with Crippen LogP contribution in [-0.4, -0.2) is 29.5 Å². The van der Waals surface area contributed by atoms with Crippen molar-refractivity contribution >= 4 is 10.8 Å². The molecule has 0 amide bonds. The molecule has 1 atom stereocenters. The van der Waals surface area contributed by atoms with Gasteiger partial charge in [0, 0.05) is 30.3 Å². The topological polar surface area (TPSA) is 35.5 Å². The van der Waals surface area contributed by atoms with E-state index in [4.69, 9.17) is 9.47 Å². The van der Waals surface area contributed by atoms with Crippen molar-refractivity contribution in [3.63, 3.8) is 0 Å². The fourth-order valence-corrected chi connectivity index (χ4v) is 2.58. The van der Waals surface area contributed by atoms with Gasteiger partial charge < -0.3 is 9.47 Å². The second-order valence-electron chi connectivity index (χ2n) is 3.63. The second kappa shape index (κ2) is 8.34. The molecule has 0 saturated heterocycles. The van der Waals surface area contributed by atoms with Crippen molar-refractivity contribution in [3.05, 3.63) is 30.1 Å². The number of benzene rings is 1. The summed E-state index contributed by atoms with van der Waals surface area (Å²) in [5.41, 5.74) is 0. The zero-order valence-corrected chi connectivity index (χ0v) is 11.5. The average Bonchev–Trinajstić information content (AvgIpc) is 2.37.